The van der Waals surface area contributed by atoms with Crippen LogP contribution >= 0.6 is 0 Å². The summed E-state index contributed by atoms with van der Waals surface area (Å²) in [4.78, 5) is 0. The number of rotatable bonds is 6. The minimum absolute atomic E-state index is 0.520. The van der Waals surface area contributed by atoms with Crippen LogP contribution in [0.3, 0.4) is 0 Å². The van der Waals surface area contributed by atoms with E-state index in [1.807, 2.05) is 13.8 Å². The van der Waals surface area contributed by atoms with Crippen molar-refractivity contribution in [2.45, 2.75) is 40.0 Å². The van der Waals surface area contributed by atoms with Gasteiger partial charge >= 0.3 is 0 Å². The van der Waals surface area contributed by atoms with Crippen LogP contribution in [0.1, 0.15) is 40.0 Å². The summed E-state index contributed by atoms with van der Waals surface area (Å²) in [7, 11) is 0. The molecule has 1 atom stereocenters. The zero-order chi connectivity index (χ0) is 10.3. The van der Waals surface area contributed by atoms with Gasteiger partial charge in [-0.3, -0.25) is 0 Å². The summed E-state index contributed by atoms with van der Waals surface area (Å²) in [5.74, 6) is 0.603. The first-order valence-electron chi connectivity index (χ1n) is 4.84. The van der Waals surface area contributed by atoms with E-state index in [1.165, 1.54) is 0 Å². The molecule has 0 bridgehead atoms. The molecule has 13 heavy (non-hydrogen) atoms. The molecule has 0 N–H and O–H groups in total. The molecule has 0 radical (unpaired) electrons. The molecule has 74 valence electrons. The minimum atomic E-state index is -0.520. The molecule has 0 aromatic carbocycles. The van der Waals surface area contributed by atoms with Crippen LogP contribution in [-0.4, -0.2) is 6.61 Å². The number of unbranched alkanes of at least 4 members (excludes halogenated alkanes) is 1. The average molecular weight is 181 g/mol. The molecule has 0 aromatic heterocycles. The predicted molar refractivity (Wildman–Crippen MR) is 54.0 cm³/mol. The minimum Gasteiger partial charge on any atom is -0.497 e. The van der Waals surface area contributed by atoms with E-state index in [1.54, 1.807) is 0 Å². The van der Waals surface area contributed by atoms with Crippen LogP contribution < -0.4 is 0 Å². The molecule has 0 rings (SSSR count). The first-order chi connectivity index (χ1) is 6.10. The molecule has 0 saturated heterocycles. The Morgan fingerprint density at radius 2 is 2.15 bits per heavy atom. The number of nitriles is 1. The highest BCUT2D eigenvalue weighted by atomic mass is 16.5. The van der Waals surface area contributed by atoms with Crippen molar-refractivity contribution >= 4 is 0 Å². The Kier molecular flexibility index (Phi) is 5.22. The molecule has 1 unspecified atom stereocenters. The van der Waals surface area contributed by atoms with Crippen molar-refractivity contribution in [2.75, 3.05) is 6.61 Å². The van der Waals surface area contributed by atoms with Gasteiger partial charge in [-0.05, 0) is 19.8 Å². The summed E-state index contributed by atoms with van der Waals surface area (Å²) < 4.78 is 5.41. The number of allylic oxidation sites excluding steroid dienone is 1. The fourth-order valence-electron chi connectivity index (χ4n) is 0.838. The third-order valence-corrected chi connectivity index (χ3v) is 2.34. The summed E-state index contributed by atoms with van der Waals surface area (Å²) in [5, 5.41) is 8.92. The SMILES string of the molecule is C=C(OCCCC)C(C)(C#N)CC. The number of hydrogen-bond acceptors (Lipinski definition) is 2. The molecular formula is C11H19NO. The Morgan fingerprint density at radius 1 is 1.54 bits per heavy atom. The lowest BCUT2D eigenvalue weighted by Gasteiger charge is -2.22. The Morgan fingerprint density at radius 3 is 2.54 bits per heavy atom. The van der Waals surface area contributed by atoms with Gasteiger partial charge in [0.2, 0.25) is 0 Å². The molecule has 0 heterocycles. The maximum Gasteiger partial charge on any atom is 0.111 e. The zero-order valence-electron chi connectivity index (χ0n) is 8.89. The van der Waals surface area contributed by atoms with Gasteiger partial charge in [-0.2, -0.15) is 5.26 Å². The summed E-state index contributed by atoms with van der Waals surface area (Å²) in [5.41, 5.74) is -0.520. The summed E-state index contributed by atoms with van der Waals surface area (Å²) in [6, 6.07) is 2.23. The Bertz CT molecular complexity index is 205. The van der Waals surface area contributed by atoms with E-state index < -0.39 is 5.41 Å². The third kappa shape index (κ3) is 3.50. The van der Waals surface area contributed by atoms with Gasteiger partial charge in [-0.25, -0.2) is 0 Å². The molecule has 0 aliphatic carbocycles. The van der Waals surface area contributed by atoms with E-state index in [0.717, 1.165) is 19.3 Å². The van der Waals surface area contributed by atoms with Crippen molar-refractivity contribution < 1.29 is 4.74 Å². The highest BCUT2D eigenvalue weighted by Gasteiger charge is 2.26. The van der Waals surface area contributed by atoms with Crippen molar-refractivity contribution in [1.29, 1.82) is 5.26 Å². The van der Waals surface area contributed by atoms with Crippen LogP contribution in [0.25, 0.3) is 0 Å². The Labute approximate surface area is 81.2 Å². The molecule has 0 aromatic rings. The number of ether oxygens (including phenoxy) is 1. The molecule has 2 nitrogen and oxygen atoms in total. The quantitative estimate of drug-likeness (QED) is 0.465. The fourth-order valence-corrected chi connectivity index (χ4v) is 0.838. The van der Waals surface area contributed by atoms with Crippen molar-refractivity contribution in [3.63, 3.8) is 0 Å². The highest BCUT2D eigenvalue weighted by molar-refractivity contribution is 5.13. The van der Waals surface area contributed by atoms with Gasteiger partial charge in [-0.15, -0.1) is 0 Å². The molecule has 0 aliphatic rings. The third-order valence-electron chi connectivity index (χ3n) is 2.34. The van der Waals surface area contributed by atoms with Crippen LogP contribution in [-0.2, 0) is 4.74 Å². The first kappa shape index (κ1) is 12.0. The standard InChI is InChI=1S/C11H19NO/c1-5-7-8-13-10(3)11(4,6-2)9-12/h3,5-8H2,1-2,4H3. The van der Waals surface area contributed by atoms with Crippen LogP contribution in [0.5, 0.6) is 0 Å². The normalized spacial score (nSPS) is 14.3. The van der Waals surface area contributed by atoms with Crippen LogP contribution in [0.15, 0.2) is 12.3 Å². The maximum atomic E-state index is 8.92. The van der Waals surface area contributed by atoms with Crippen LogP contribution in [0, 0.1) is 16.7 Å². The second-order valence-electron chi connectivity index (χ2n) is 3.42. The molecule has 0 saturated carbocycles. The Hall–Kier alpha value is -0.970. The van der Waals surface area contributed by atoms with Crippen LogP contribution in [0.4, 0.5) is 0 Å². The Balaban J connectivity index is 4.02. The summed E-state index contributed by atoms with van der Waals surface area (Å²) >= 11 is 0. The smallest absolute Gasteiger partial charge is 0.111 e. The largest absolute Gasteiger partial charge is 0.497 e. The van der Waals surface area contributed by atoms with E-state index in [9.17, 15) is 0 Å². The van der Waals surface area contributed by atoms with Crippen molar-refractivity contribution in [3.8, 4) is 6.07 Å². The van der Waals surface area contributed by atoms with Gasteiger partial charge in [0.05, 0.1) is 12.7 Å². The van der Waals surface area contributed by atoms with Gasteiger partial charge in [-0.1, -0.05) is 26.8 Å². The second-order valence-corrected chi connectivity index (χ2v) is 3.42. The first-order valence-corrected chi connectivity index (χ1v) is 4.84. The van der Waals surface area contributed by atoms with Gasteiger partial charge in [0, 0.05) is 0 Å². The van der Waals surface area contributed by atoms with Crippen molar-refractivity contribution in [1.82, 2.24) is 0 Å². The molecule has 0 amide bonds. The summed E-state index contributed by atoms with van der Waals surface area (Å²) in [6.07, 6.45) is 2.86. The van der Waals surface area contributed by atoms with Crippen molar-refractivity contribution in [2.24, 2.45) is 5.41 Å². The van der Waals surface area contributed by atoms with E-state index >= 15 is 0 Å². The molecule has 0 fully saturated rings. The lowest BCUT2D eigenvalue weighted by Crippen LogP contribution is -2.17. The highest BCUT2D eigenvalue weighted by Crippen LogP contribution is 2.29. The maximum absolute atomic E-state index is 8.92. The van der Waals surface area contributed by atoms with Gasteiger partial charge in [0.1, 0.15) is 11.2 Å². The van der Waals surface area contributed by atoms with Crippen LogP contribution in [0.2, 0.25) is 0 Å². The van der Waals surface area contributed by atoms with E-state index in [-0.39, 0.29) is 0 Å². The van der Waals surface area contributed by atoms with Gasteiger partial charge in [0.15, 0.2) is 0 Å². The lowest BCUT2D eigenvalue weighted by molar-refractivity contribution is 0.155. The van der Waals surface area contributed by atoms with E-state index in [0.29, 0.717) is 12.4 Å². The van der Waals surface area contributed by atoms with E-state index in [2.05, 4.69) is 19.6 Å². The second kappa shape index (κ2) is 5.64. The number of nitrogens with zero attached hydrogens (tertiary/aromatic N) is 1. The van der Waals surface area contributed by atoms with Gasteiger partial charge in [0.25, 0.3) is 0 Å². The molecule has 0 spiro atoms. The van der Waals surface area contributed by atoms with Crippen molar-refractivity contribution in [3.05, 3.63) is 12.3 Å². The molecule has 0 aliphatic heterocycles. The van der Waals surface area contributed by atoms with Gasteiger partial charge < -0.3 is 4.74 Å². The zero-order valence-corrected chi connectivity index (χ0v) is 8.89. The predicted octanol–water partition coefficient (Wildman–Crippen LogP) is 3.26. The molecule has 2 heteroatoms. The average Bonchev–Trinajstić information content (AvgIpc) is 2.17. The topological polar surface area (TPSA) is 33.0 Å². The lowest BCUT2D eigenvalue weighted by atomic mass is 9.88. The number of hydrogen-bond donors (Lipinski definition) is 0. The monoisotopic (exact) mass is 181 g/mol. The summed E-state index contributed by atoms with van der Waals surface area (Å²) in [6.45, 7) is 10.4. The molecular weight excluding hydrogens is 162 g/mol. The van der Waals surface area contributed by atoms with E-state index in [4.69, 9.17) is 10.00 Å². The fraction of sp³-hybridized carbons (Fsp3) is 0.727.